The molecule has 0 spiro atoms. The Balaban J connectivity index is 2.46. The minimum atomic E-state index is -6.15. The monoisotopic (exact) mass is 435 g/mol. The Bertz CT molecular complexity index is 841. The van der Waals surface area contributed by atoms with Crippen LogP contribution >= 0.6 is 22.9 Å². The predicted molar refractivity (Wildman–Crippen MR) is 83.6 cm³/mol. The largest absolute Gasteiger partial charge is 0.430 e. The molecule has 0 saturated carbocycles. The van der Waals surface area contributed by atoms with E-state index >= 15 is 0 Å². The molecule has 0 fully saturated rings. The Labute approximate surface area is 155 Å². The second-order valence-electron chi connectivity index (χ2n) is 5.13. The molecule has 0 aliphatic rings. The molecule has 0 amide bonds. The third-order valence-electron chi connectivity index (χ3n) is 3.41. The first kappa shape index (κ1) is 21.2. The van der Waals surface area contributed by atoms with Gasteiger partial charge in [0.05, 0.1) is 11.5 Å². The summed E-state index contributed by atoms with van der Waals surface area (Å²) in [4.78, 5) is 14.2. The van der Waals surface area contributed by atoms with Gasteiger partial charge in [-0.15, -0.1) is 11.3 Å². The van der Waals surface area contributed by atoms with Crippen molar-refractivity contribution >= 4 is 34.3 Å². The molecule has 2 N–H and O–H groups in total. The number of aromatic nitrogens is 1. The molecule has 1 aromatic heterocycles. The van der Waals surface area contributed by atoms with Crippen LogP contribution in [-0.2, 0) is 12.1 Å². The summed E-state index contributed by atoms with van der Waals surface area (Å²) in [7, 11) is 0. The van der Waals surface area contributed by atoms with Crippen LogP contribution in [0.1, 0.15) is 10.4 Å². The summed E-state index contributed by atoms with van der Waals surface area (Å²) in [5, 5.41) is 23.0. The minimum Gasteiger partial charge on any atom is -0.375 e. The highest BCUT2D eigenvalue weighted by atomic mass is 35.5. The van der Waals surface area contributed by atoms with Gasteiger partial charge in [0, 0.05) is 22.7 Å². The third kappa shape index (κ3) is 4.09. The smallest absolute Gasteiger partial charge is 0.375 e. The van der Waals surface area contributed by atoms with E-state index < -0.39 is 34.1 Å². The van der Waals surface area contributed by atoms with E-state index in [-0.39, 0.29) is 22.8 Å². The van der Waals surface area contributed by atoms with Crippen molar-refractivity contribution in [1.82, 2.24) is 4.98 Å². The van der Waals surface area contributed by atoms with Gasteiger partial charge in [-0.1, -0.05) is 17.7 Å². The molecular weight excluding hydrogens is 428 g/mol. The SMILES string of the molecule is O=[N+]([O-])c1cc(C(O)(C(F)(F)F)C(F)(F)F)ccc1NCc1cnc(Cl)s1. The first-order valence-corrected chi connectivity index (χ1v) is 7.95. The molecule has 1 aromatic carbocycles. The lowest BCUT2D eigenvalue weighted by Gasteiger charge is -2.32. The highest BCUT2D eigenvalue weighted by Gasteiger charge is 2.71. The van der Waals surface area contributed by atoms with Gasteiger partial charge in [0.15, 0.2) is 4.47 Å². The van der Waals surface area contributed by atoms with E-state index in [1.165, 1.54) is 6.20 Å². The molecule has 0 saturated heterocycles. The van der Waals surface area contributed by atoms with Crippen LogP contribution in [0.3, 0.4) is 0 Å². The highest BCUT2D eigenvalue weighted by molar-refractivity contribution is 7.15. The third-order valence-corrected chi connectivity index (χ3v) is 4.53. The average Bonchev–Trinajstić information content (AvgIpc) is 2.95. The van der Waals surface area contributed by atoms with E-state index in [1.807, 2.05) is 0 Å². The number of hydrogen-bond acceptors (Lipinski definition) is 6. The first-order chi connectivity index (χ1) is 12.3. The molecule has 2 rings (SSSR count). The summed E-state index contributed by atoms with van der Waals surface area (Å²) < 4.78 is 77.7. The fraction of sp³-hybridized carbons (Fsp3) is 0.308. The van der Waals surface area contributed by atoms with Crippen LogP contribution in [0.4, 0.5) is 37.7 Å². The maximum atomic E-state index is 12.9. The number of nitro benzene ring substituents is 1. The fourth-order valence-corrected chi connectivity index (χ4v) is 3.01. The maximum Gasteiger partial charge on any atom is 0.430 e. The van der Waals surface area contributed by atoms with E-state index in [2.05, 4.69) is 10.3 Å². The van der Waals surface area contributed by atoms with Crippen molar-refractivity contribution in [3.8, 4) is 0 Å². The van der Waals surface area contributed by atoms with Gasteiger partial charge in [0.2, 0.25) is 0 Å². The van der Waals surface area contributed by atoms with Crippen molar-refractivity contribution in [1.29, 1.82) is 0 Å². The van der Waals surface area contributed by atoms with Crippen molar-refractivity contribution in [2.24, 2.45) is 0 Å². The van der Waals surface area contributed by atoms with Crippen LogP contribution in [0.2, 0.25) is 4.47 Å². The Morgan fingerprint density at radius 2 is 1.81 bits per heavy atom. The van der Waals surface area contributed by atoms with E-state index in [0.29, 0.717) is 17.0 Å². The Morgan fingerprint density at radius 1 is 1.22 bits per heavy atom. The number of aliphatic hydroxyl groups is 1. The number of nitro groups is 1. The highest BCUT2D eigenvalue weighted by Crippen LogP contribution is 2.51. The standard InChI is InChI=1S/C13H8ClF6N3O3S/c14-10-22-5-7(27-10)4-21-8-2-1-6(3-9(8)23(25)26)11(24,12(15,16)17)13(18,19)20/h1-3,5,21,24H,4H2. The molecule has 27 heavy (non-hydrogen) atoms. The van der Waals surface area contributed by atoms with Crippen molar-refractivity contribution in [3.05, 3.63) is 49.4 Å². The Hall–Kier alpha value is -2.12. The molecule has 148 valence electrons. The molecule has 0 unspecified atom stereocenters. The average molecular weight is 436 g/mol. The number of alkyl halides is 6. The van der Waals surface area contributed by atoms with Crippen LogP contribution in [0.25, 0.3) is 0 Å². The molecule has 0 atom stereocenters. The number of thiazole rings is 1. The zero-order chi connectivity index (χ0) is 20.6. The molecule has 0 radical (unpaired) electrons. The summed E-state index contributed by atoms with van der Waals surface area (Å²) in [5.74, 6) is 0. The molecule has 0 aliphatic carbocycles. The topological polar surface area (TPSA) is 88.3 Å². The minimum absolute atomic E-state index is 0.0307. The molecule has 2 aromatic rings. The molecule has 14 heteroatoms. The van der Waals surface area contributed by atoms with Crippen LogP contribution in [0, 0.1) is 10.1 Å². The molecular formula is C13H8ClF6N3O3S. The summed E-state index contributed by atoms with van der Waals surface area (Å²) in [6.07, 6.45) is -11.0. The summed E-state index contributed by atoms with van der Waals surface area (Å²) in [6, 6.07) is 0.998. The van der Waals surface area contributed by atoms with Crippen molar-refractivity contribution in [2.75, 3.05) is 5.32 Å². The number of nitrogens with one attached hydrogen (secondary N) is 1. The van der Waals surface area contributed by atoms with Gasteiger partial charge < -0.3 is 10.4 Å². The summed E-state index contributed by atoms with van der Waals surface area (Å²) >= 11 is 6.63. The van der Waals surface area contributed by atoms with E-state index in [0.717, 1.165) is 11.3 Å². The van der Waals surface area contributed by atoms with Crippen LogP contribution in [0.5, 0.6) is 0 Å². The van der Waals surface area contributed by atoms with Gasteiger partial charge in [-0.3, -0.25) is 10.1 Å². The van der Waals surface area contributed by atoms with Crippen molar-refractivity contribution in [2.45, 2.75) is 24.5 Å². The van der Waals surface area contributed by atoms with Gasteiger partial charge in [-0.2, -0.15) is 26.3 Å². The van der Waals surface area contributed by atoms with E-state index in [1.54, 1.807) is 0 Å². The molecule has 0 bridgehead atoms. The molecule has 6 nitrogen and oxygen atoms in total. The van der Waals surface area contributed by atoms with E-state index in [4.69, 9.17) is 11.6 Å². The van der Waals surface area contributed by atoms with Gasteiger partial charge in [-0.25, -0.2) is 4.98 Å². The predicted octanol–water partition coefficient (Wildman–Crippen LogP) is 4.63. The molecule has 0 aliphatic heterocycles. The Morgan fingerprint density at radius 3 is 2.26 bits per heavy atom. The lowest BCUT2D eigenvalue weighted by atomic mass is 9.91. The van der Waals surface area contributed by atoms with Crippen molar-refractivity contribution < 1.29 is 36.4 Å². The lowest BCUT2D eigenvalue weighted by Crippen LogP contribution is -2.53. The zero-order valence-corrected chi connectivity index (χ0v) is 14.3. The van der Waals surface area contributed by atoms with Crippen LogP contribution in [-0.4, -0.2) is 27.4 Å². The van der Waals surface area contributed by atoms with Gasteiger partial charge in [0.1, 0.15) is 5.69 Å². The quantitative estimate of drug-likeness (QED) is 0.406. The van der Waals surface area contributed by atoms with Crippen LogP contribution in [0.15, 0.2) is 24.4 Å². The number of benzene rings is 1. The van der Waals surface area contributed by atoms with E-state index in [9.17, 15) is 41.6 Å². The zero-order valence-electron chi connectivity index (χ0n) is 12.7. The second kappa shape index (κ2) is 7.13. The summed E-state index contributed by atoms with van der Waals surface area (Å²) in [5.41, 5.74) is -8.40. The maximum absolute atomic E-state index is 12.9. The second-order valence-corrected chi connectivity index (χ2v) is 6.83. The number of halogens is 7. The number of rotatable bonds is 5. The van der Waals surface area contributed by atoms with Crippen LogP contribution < -0.4 is 5.32 Å². The summed E-state index contributed by atoms with van der Waals surface area (Å²) in [6.45, 7) is -0.0621. The van der Waals surface area contributed by atoms with Gasteiger partial charge in [0.25, 0.3) is 11.3 Å². The fourth-order valence-electron chi connectivity index (χ4n) is 2.09. The Kier molecular flexibility index (Phi) is 5.59. The van der Waals surface area contributed by atoms with Crippen molar-refractivity contribution in [3.63, 3.8) is 0 Å². The number of nitrogens with zero attached hydrogens (tertiary/aromatic N) is 2. The number of hydrogen-bond donors (Lipinski definition) is 2. The van der Waals surface area contributed by atoms with Gasteiger partial charge in [-0.05, 0) is 6.07 Å². The van der Waals surface area contributed by atoms with Gasteiger partial charge >= 0.3 is 12.4 Å². The lowest BCUT2D eigenvalue weighted by molar-refractivity contribution is -0.386. The normalized spacial score (nSPS) is 12.9. The molecule has 1 heterocycles. The number of anilines is 1. The first-order valence-electron chi connectivity index (χ1n) is 6.76.